The molecule has 1 aromatic rings. The van der Waals surface area contributed by atoms with E-state index in [0.717, 1.165) is 35.5 Å². The number of fused-ring (bicyclic) bond motifs is 1. The van der Waals surface area contributed by atoms with Crippen LogP contribution in [0.5, 0.6) is 0 Å². The largest absolute Gasteiger partial charge is 0.455 e. The number of hydrogen-bond donors (Lipinski definition) is 2. The normalized spacial score (nSPS) is 38.8. The quantitative estimate of drug-likeness (QED) is 0.422. The molecule has 0 radical (unpaired) electrons. The van der Waals surface area contributed by atoms with Crippen LogP contribution in [0.25, 0.3) is 6.08 Å². The minimum absolute atomic E-state index is 0.0763. The molecule has 2 N–H and O–H groups in total. The van der Waals surface area contributed by atoms with Crippen molar-refractivity contribution in [1.82, 2.24) is 4.98 Å². The van der Waals surface area contributed by atoms with Gasteiger partial charge in [-0.1, -0.05) is 34.1 Å². The van der Waals surface area contributed by atoms with E-state index in [-0.39, 0.29) is 29.8 Å². The number of ether oxygens (including phenoxy) is 2. The van der Waals surface area contributed by atoms with E-state index in [9.17, 15) is 19.8 Å². The average molecular weight is 522 g/mol. The molecule has 0 spiro atoms. The number of aromatic nitrogens is 1. The molecule has 0 bridgehead atoms. The molecule has 0 saturated carbocycles. The van der Waals surface area contributed by atoms with E-state index in [0.29, 0.717) is 6.42 Å². The molecule has 2 fully saturated rings. The third kappa shape index (κ3) is 6.26. The lowest BCUT2D eigenvalue weighted by Crippen LogP contribution is -2.46. The Morgan fingerprint density at radius 3 is 2.47 bits per heavy atom. The second-order valence-electron chi connectivity index (χ2n) is 11.9. The molecular weight excluding hydrogens is 478 g/mol. The summed E-state index contributed by atoms with van der Waals surface area (Å²) in [6, 6.07) is 0. The van der Waals surface area contributed by atoms with E-state index in [2.05, 4.69) is 11.9 Å². The van der Waals surface area contributed by atoms with E-state index >= 15 is 0 Å². The lowest BCUT2D eigenvalue weighted by molar-refractivity contribution is -0.161. The molecule has 2 saturated heterocycles. The molecule has 3 rings (SSSR count). The Labute approximate surface area is 219 Å². The highest BCUT2D eigenvalue weighted by atomic mass is 32.1. The van der Waals surface area contributed by atoms with Gasteiger partial charge in [0.05, 0.1) is 46.5 Å². The van der Waals surface area contributed by atoms with Gasteiger partial charge in [-0.2, -0.15) is 0 Å². The fraction of sp³-hybridized carbons (Fsp3) is 0.750. The molecule has 7 nitrogen and oxygen atoms in total. The number of aryl methyl sites for hydroxylation is 1. The molecule has 7 atom stereocenters. The zero-order chi connectivity index (χ0) is 27.1. The first-order chi connectivity index (χ1) is 16.6. The first kappa shape index (κ1) is 29.0. The van der Waals surface area contributed by atoms with Crippen molar-refractivity contribution in [2.24, 2.45) is 17.3 Å². The van der Waals surface area contributed by atoms with E-state index in [1.807, 2.05) is 39.2 Å². The number of hydrogen-bond acceptors (Lipinski definition) is 8. The van der Waals surface area contributed by atoms with Crippen molar-refractivity contribution in [2.75, 3.05) is 0 Å². The van der Waals surface area contributed by atoms with Crippen LogP contribution in [0.15, 0.2) is 11.0 Å². The number of aliphatic hydroxyl groups is 2. The molecular formula is C28H43NO6S. The van der Waals surface area contributed by atoms with Gasteiger partial charge in [0.15, 0.2) is 0 Å². The van der Waals surface area contributed by atoms with Gasteiger partial charge in [0.1, 0.15) is 11.4 Å². The highest BCUT2D eigenvalue weighted by Crippen LogP contribution is 2.47. The summed E-state index contributed by atoms with van der Waals surface area (Å²) in [5.74, 6) is -1.58. The summed E-state index contributed by atoms with van der Waals surface area (Å²) in [6.07, 6.45) is 2.38. The molecule has 2 aliphatic heterocycles. The summed E-state index contributed by atoms with van der Waals surface area (Å²) in [5.41, 5.74) is -0.843. The minimum atomic E-state index is -1.24. The number of thiazole rings is 1. The van der Waals surface area contributed by atoms with Gasteiger partial charge in [0, 0.05) is 17.7 Å². The topological polar surface area (TPSA) is 109 Å². The van der Waals surface area contributed by atoms with Crippen LogP contribution in [-0.2, 0) is 19.1 Å². The van der Waals surface area contributed by atoms with E-state index in [1.165, 1.54) is 0 Å². The number of carbonyl (C=O) groups is 2. The number of rotatable bonds is 2. The van der Waals surface area contributed by atoms with Crippen molar-refractivity contribution >= 4 is 29.2 Å². The smallest absolute Gasteiger partial charge is 0.309 e. The number of aliphatic hydroxyl groups excluding tert-OH is 2. The molecule has 0 aliphatic carbocycles. The molecule has 0 amide bonds. The fourth-order valence-corrected chi connectivity index (χ4v) is 5.85. The molecule has 3 heterocycles. The van der Waals surface area contributed by atoms with Gasteiger partial charge in [-0.25, -0.2) is 4.98 Å². The van der Waals surface area contributed by atoms with Gasteiger partial charge in [-0.15, -0.1) is 11.3 Å². The van der Waals surface area contributed by atoms with Crippen LogP contribution in [0.3, 0.4) is 0 Å². The highest BCUT2D eigenvalue weighted by Gasteiger charge is 2.55. The molecule has 8 heteroatoms. The van der Waals surface area contributed by atoms with Gasteiger partial charge >= 0.3 is 5.97 Å². The molecule has 36 heavy (non-hydrogen) atoms. The zero-order valence-corrected chi connectivity index (χ0v) is 23.8. The zero-order valence-electron chi connectivity index (χ0n) is 23.0. The highest BCUT2D eigenvalue weighted by molar-refractivity contribution is 7.09. The van der Waals surface area contributed by atoms with Crippen molar-refractivity contribution in [3.63, 3.8) is 0 Å². The Morgan fingerprint density at radius 2 is 1.86 bits per heavy atom. The van der Waals surface area contributed by atoms with Crippen LogP contribution in [0, 0.1) is 24.2 Å². The van der Waals surface area contributed by atoms with E-state index in [1.54, 1.807) is 32.1 Å². The van der Waals surface area contributed by atoms with Crippen molar-refractivity contribution in [1.29, 1.82) is 0 Å². The van der Waals surface area contributed by atoms with E-state index < -0.39 is 35.1 Å². The van der Waals surface area contributed by atoms with Gasteiger partial charge in [-0.3, -0.25) is 9.59 Å². The minimum Gasteiger partial charge on any atom is -0.455 e. The first-order valence-corrected chi connectivity index (χ1v) is 13.9. The van der Waals surface area contributed by atoms with Crippen LogP contribution in [-0.4, -0.2) is 56.5 Å². The number of nitrogens with zero attached hydrogens (tertiary/aromatic N) is 1. The predicted octanol–water partition coefficient (Wildman–Crippen LogP) is 4.87. The number of Topliss-reactive ketones (excluding diaryl/α,β-unsaturated/α-hetero) is 1. The fourth-order valence-electron chi connectivity index (χ4n) is 5.28. The number of esters is 1. The lowest BCUT2D eigenvalue weighted by atomic mass is 9.73. The molecule has 0 unspecified atom stereocenters. The number of ketones is 1. The monoisotopic (exact) mass is 521 g/mol. The Kier molecular flexibility index (Phi) is 8.55. The van der Waals surface area contributed by atoms with Crippen molar-refractivity contribution in [3.05, 3.63) is 21.7 Å². The maximum Gasteiger partial charge on any atom is 0.309 e. The number of epoxide rings is 1. The summed E-state index contributed by atoms with van der Waals surface area (Å²) < 4.78 is 12.2. The summed E-state index contributed by atoms with van der Waals surface area (Å²) >= 11 is 1.56. The second kappa shape index (κ2) is 10.6. The maximum atomic E-state index is 13.3. The summed E-state index contributed by atoms with van der Waals surface area (Å²) in [4.78, 5) is 30.9. The Bertz CT molecular complexity index is 1000. The van der Waals surface area contributed by atoms with Crippen LogP contribution in [0.2, 0.25) is 0 Å². The predicted molar refractivity (Wildman–Crippen MR) is 140 cm³/mol. The maximum absolute atomic E-state index is 13.3. The third-order valence-corrected chi connectivity index (χ3v) is 9.25. The van der Waals surface area contributed by atoms with Crippen LogP contribution in [0.1, 0.15) is 91.3 Å². The summed E-state index contributed by atoms with van der Waals surface area (Å²) in [6.45, 7) is 14.7. The van der Waals surface area contributed by atoms with Crippen molar-refractivity contribution in [3.8, 4) is 0 Å². The van der Waals surface area contributed by atoms with Gasteiger partial charge in [0.25, 0.3) is 0 Å². The Morgan fingerprint density at radius 1 is 1.19 bits per heavy atom. The average Bonchev–Trinajstić information content (AvgIpc) is 3.21. The standard InChI is InChI=1S/C28H43NO6S/c1-16-10-9-11-27(7)22(34-27)14-28(8,17(2)12-20-15-36-19(4)29-20)35-23(31)13-21(30)26(5,6)25(33)18(3)24(16)32/h12,15-16,18,21-22,24,30,32H,9-11,13-14H2,1-8H3/b17-12+/t16-,18+,21-,22-,24-,27+,28-/m0/s1. The van der Waals surface area contributed by atoms with Gasteiger partial charge in [-0.05, 0) is 58.1 Å². The SMILES string of the molecule is C/C(=C\c1csc(C)n1)[C@]1(C)C[C@@H]2O[C@]2(C)CCC[C@H](C)[C@H](O)[C@@H](C)C(=O)C(C)(C)[C@@H](O)CC(=O)O1. The van der Waals surface area contributed by atoms with E-state index in [4.69, 9.17) is 9.47 Å². The molecule has 1 aromatic heterocycles. The summed E-state index contributed by atoms with van der Waals surface area (Å²) in [7, 11) is 0. The van der Waals surface area contributed by atoms with Crippen molar-refractivity contribution < 1.29 is 29.3 Å². The second-order valence-corrected chi connectivity index (χ2v) is 13.0. The first-order valence-electron chi connectivity index (χ1n) is 13.0. The molecule has 2 aliphatic rings. The summed E-state index contributed by atoms with van der Waals surface area (Å²) in [5, 5.41) is 24.7. The van der Waals surface area contributed by atoms with Crippen molar-refractivity contribution in [2.45, 2.75) is 117 Å². The Hall–Kier alpha value is -1.61. The van der Waals surface area contributed by atoms with Crippen LogP contribution < -0.4 is 0 Å². The third-order valence-electron chi connectivity index (χ3n) is 8.45. The number of cyclic esters (lactones) is 1. The van der Waals surface area contributed by atoms with Crippen LogP contribution >= 0.6 is 11.3 Å². The molecule has 202 valence electrons. The van der Waals surface area contributed by atoms with Gasteiger partial charge in [0.2, 0.25) is 0 Å². The lowest BCUT2D eigenvalue weighted by Gasteiger charge is -2.36. The van der Waals surface area contributed by atoms with Crippen LogP contribution in [0.4, 0.5) is 0 Å². The number of carbonyl (C=O) groups excluding carboxylic acids is 2. The van der Waals surface area contributed by atoms with Gasteiger partial charge < -0.3 is 19.7 Å². The Balaban J connectivity index is 1.91. The molecule has 0 aromatic carbocycles.